The van der Waals surface area contributed by atoms with E-state index in [1.807, 2.05) is 6.07 Å². The third-order valence-electron chi connectivity index (χ3n) is 4.67. The maximum absolute atomic E-state index is 11.5. The van der Waals surface area contributed by atoms with Crippen LogP contribution in [0.5, 0.6) is 0 Å². The van der Waals surface area contributed by atoms with Crippen molar-refractivity contribution in [2.75, 3.05) is 18.5 Å². The van der Waals surface area contributed by atoms with Crippen molar-refractivity contribution in [2.45, 2.75) is 45.3 Å². The zero-order chi connectivity index (χ0) is 14.8. The van der Waals surface area contributed by atoms with Gasteiger partial charge in [-0.2, -0.15) is 0 Å². The van der Waals surface area contributed by atoms with Gasteiger partial charge in [0.25, 0.3) is 0 Å². The SMILES string of the molecule is CCNC(c1ccc2c(c1)CCC(=O)N2)C1CCOC1C. The molecule has 21 heavy (non-hydrogen) atoms. The zero-order valence-electron chi connectivity index (χ0n) is 12.8. The topological polar surface area (TPSA) is 50.4 Å². The van der Waals surface area contributed by atoms with Gasteiger partial charge in [0.15, 0.2) is 0 Å². The molecule has 114 valence electrons. The minimum Gasteiger partial charge on any atom is -0.378 e. The highest BCUT2D eigenvalue weighted by Crippen LogP contribution is 2.35. The number of ether oxygens (including phenoxy) is 1. The summed E-state index contributed by atoms with van der Waals surface area (Å²) in [6.07, 6.45) is 2.83. The van der Waals surface area contributed by atoms with Gasteiger partial charge in [0, 0.05) is 30.7 Å². The summed E-state index contributed by atoms with van der Waals surface area (Å²) < 4.78 is 5.74. The quantitative estimate of drug-likeness (QED) is 0.895. The molecule has 2 N–H and O–H groups in total. The van der Waals surface area contributed by atoms with Crippen LogP contribution in [0.4, 0.5) is 5.69 Å². The number of rotatable bonds is 4. The monoisotopic (exact) mass is 288 g/mol. The number of aryl methyl sites for hydroxylation is 1. The van der Waals surface area contributed by atoms with E-state index in [4.69, 9.17) is 4.74 Å². The predicted octanol–water partition coefficient (Wildman–Crippen LogP) is 2.65. The van der Waals surface area contributed by atoms with Crippen LogP contribution in [0.25, 0.3) is 0 Å². The molecule has 1 aromatic rings. The number of carbonyl (C=O) groups is 1. The normalized spacial score (nSPS) is 26.3. The van der Waals surface area contributed by atoms with Crippen LogP contribution in [0, 0.1) is 5.92 Å². The maximum Gasteiger partial charge on any atom is 0.224 e. The highest BCUT2D eigenvalue weighted by Gasteiger charge is 2.32. The fraction of sp³-hybridized carbons (Fsp3) is 0.588. The molecule has 3 rings (SSSR count). The van der Waals surface area contributed by atoms with Gasteiger partial charge in [0.2, 0.25) is 5.91 Å². The summed E-state index contributed by atoms with van der Waals surface area (Å²) in [6.45, 7) is 6.11. The van der Waals surface area contributed by atoms with Crippen molar-refractivity contribution in [1.29, 1.82) is 0 Å². The van der Waals surface area contributed by atoms with Gasteiger partial charge in [0.1, 0.15) is 0 Å². The molecule has 1 saturated heterocycles. The fourth-order valence-electron chi connectivity index (χ4n) is 3.52. The Labute approximate surface area is 126 Å². The van der Waals surface area contributed by atoms with Gasteiger partial charge < -0.3 is 15.4 Å². The smallest absolute Gasteiger partial charge is 0.224 e. The van der Waals surface area contributed by atoms with E-state index in [0.29, 0.717) is 24.5 Å². The summed E-state index contributed by atoms with van der Waals surface area (Å²) in [7, 11) is 0. The molecular formula is C17H24N2O2. The third-order valence-corrected chi connectivity index (χ3v) is 4.67. The second kappa shape index (κ2) is 6.16. The largest absolute Gasteiger partial charge is 0.378 e. The average Bonchev–Trinajstić information content (AvgIpc) is 2.90. The lowest BCUT2D eigenvalue weighted by atomic mass is 9.86. The lowest BCUT2D eigenvalue weighted by molar-refractivity contribution is -0.116. The Hall–Kier alpha value is -1.39. The van der Waals surface area contributed by atoms with Crippen molar-refractivity contribution in [1.82, 2.24) is 5.32 Å². The Morgan fingerprint density at radius 3 is 3.00 bits per heavy atom. The molecule has 2 aliphatic rings. The van der Waals surface area contributed by atoms with Crippen molar-refractivity contribution in [3.63, 3.8) is 0 Å². The van der Waals surface area contributed by atoms with Gasteiger partial charge in [-0.05, 0) is 43.5 Å². The summed E-state index contributed by atoms with van der Waals surface area (Å²) in [5, 5.41) is 6.57. The summed E-state index contributed by atoms with van der Waals surface area (Å²) in [4.78, 5) is 11.5. The van der Waals surface area contributed by atoms with Crippen molar-refractivity contribution < 1.29 is 9.53 Å². The second-order valence-electron chi connectivity index (χ2n) is 6.03. The second-order valence-corrected chi connectivity index (χ2v) is 6.03. The molecule has 4 heteroatoms. The van der Waals surface area contributed by atoms with Crippen LogP contribution in [0.1, 0.15) is 43.9 Å². The first-order chi connectivity index (χ1) is 10.2. The van der Waals surface area contributed by atoms with E-state index in [0.717, 1.165) is 31.7 Å². The maximum atomic E-state index is 11.5. The zero-order valence-corrected chi connectivity index (χ0v) is 12.8. The molecule has 2 heterocycles. The van der Waals surface area contributed by atoms with E-state index in [2.05, 4.69) is 36.6 Å². The van der Waals surface area contributed by atoms with Gasteiger partial charge in [-0.15, -0.1) is 0 Å². The molecule has 0 aliphatic carbocycles. The average molecular weight is 288 g/mol. The van der Waals surface area contributed by atoms with E-state index >= 15 is 0 Å². The molecule has 1 aromatic carbocycles. The Morgan fingerprint density at radius 1 is 1.43 bits per heavy atom. The van der Waals surface area contributed by atoms with Crippen molar-refractivity contribution in [3.05, 3.63) is 29.3 Å². The Balaban J connectivity index is 1.87. The number of amides is 1. The van der Waals surface area contributed by atoms with Gasteiger partial charge >= 0.3 is 0 Å². The van der Waals surface area contributed by atoms with Crippen LogP contribution in [0.3, 0.4) is 0 Å². The lowest BCUT2D eigenvalue weighted by Gasteiger charge is -2.28. The molecule has 1 fully saturated rings. The number of hydrogen-bond acceptors (Lipinski definition) is 3. The summed E-state index contributed by atoms with van der Waals surface area (Å²) >= 11 is 0. The molecule has 0 spiro atoms. The molecule has 4 nitrogen and oxygen atoms in total. The standard InChI is InChI=1S/C17H24N2O2/c1-3-18-17(14-8-9-21-11(14)2)13-4-6-15-12(10-13)5-7-16(20)19-15/h4,6,10-11,14,17-18H,3,5,7-9H2,1-2H3,(H,19,20). The number of carbonyl (C=O) groups excluding carboxylic acids is 1. The molecule has 2 aliphatic heterocycles. The van der Waals surface area contributed by atoms with Gasteiger partial charge in [-0.1, -0.05) is 19.1 Å². The minimum atomic E-state index is 0.122. The van der Waals surface area contributed by atoms with Crippen molar-refractivity contribution >= 4 is 11.6 Å². The first-order valence-electron chi connectivity index (χ1n) is 7.96. The van der Waals surface area contributed by atoms with Crippen LogP contribution >= 0.6 is 0 Å². The Morgan fingerprint density at radius 2 is 2.29 bits per heavy atom. The fourth-order valence-corrected chi connectivity index (χ4v) is 3.52. The summed E-state index contributed by atoms with van der Waals surface area (Å²) in [6, 6.07) is 6.78. The molecule has 0 radical (unpaired) electrons. The lowest BCUT2D eigenvalue weighted by Crippen LogP contribution is -2.32. The minimum absolute atomic E-state index is 0.122. The molecule has 1 amide bonds. The predicted molar refractivity (Wildman–Crippen MR) is 83.3 cm³/mol. The van der Waals surface area contributed by atoms with E-state index in [-0.39, 0.29) is 5.91 Å². The molecule has 0 aromatic heterocycles. The first kappa shape index (κ1) is 14.5. The number of hydrogen-bond donors (Lipinski definition) is 2. The van der Waals surface area contributed by atoms with Gasteiger partial charge in [0.05, 0.1) is 6.10 Å². The molecule has 3 atom stereocenters. The van der Waals surface area contributed by atoms with E-state index < -0.39 is 0 Å². The molecule has 0 bridgehead atoms. The highest BCUT2D eigenvalue weighted by molar-refractivity contribution is 5.93. The first-order valence-corrected chi connectivity index (χ1v) is 7.96. The summed E-state index contributed by atoms with van der Waals surface area (Å²) in [5.74, 6) is 0.637. The van der Waals surface area contributed by atoms with Crippen molar-refractivity contribution in [3.8, 4) is 0 Å². The van der Waals surface area contributed by atoms with Crippen LogP contribution in [-0.4, -0.2) is 25.2 Å². The number of anilines is 1. The van der Waals surface area contributed by atoms with Gasteiger partial charge in [-0.25, -0.2) is 0 Å². The number of nitrogens with one attached hydrogen (secondary N) is 2. The van der Waals surface area contributed by atoms with Crippen LogP contribution in [0.2, 0.25) is 0 Å². The van der Waals surface area contributed by atoms with E-state index in [1.165, 1.54) is 11.1 Å². The Kier molecular flexibility index (Phi) is 4.27. The van der Waals surface area contributed by atoms with Gasteiger partial charge in [-0.3, -0.25) is 4.79 Å². The van der Waals surface area contributed by atoms with Crippen LogP contribution < -0.4 is 10.6 Å². The van der Waals surface area contributed by atoms with Crippen molar-refractivity contribution in [2.24, 2.45) is 5.92 Å². The van der Waals surface area contributed by atoms with E-state index in [1.54, 1.807) is 0 Å². The summed E-state index contributed by atoms with van der Waals surface area (Å²) in [5.41, 5.74) is 3.54. The van der Waals surface area contributed by atoms with Crippen LogP contribution in [-0.2, 0) is 16.0 Å². The van der Waals surface area contributed by atoms with E-state index in [9.17, 15) is 4.79 Å². The van der Waals surface area contributed by atoms with Crippen LogP contribution in [0.15, 0.2) is 18.2 Å². The number of benzene rings is 1. The molecule has 0 saturated carbocycles. The third kappa shape index (κ3) is 2.97. The molecular weight excluding hydrogens is 264 g/mol. The Bertz CT molecular complexity index is 530. The number of fused-ring (bicyclic) bond motifs is 1. The highest BCUT2D eigenvalue weighted by atomic mass is 16.5. The molecule has 3 unspecified atom stereocenters.